The van der Waals surface area contributed by atoms with Crippen molar-refractivity contribution in [2.24, 2.45) is 0 Å². The highest BCUT2D eigenvalue weighted by Crippen LogP contribution is 2.26. The summed E-state index contributed by atoms with van der Waals surface area (Å²) >= 11 is 0. The maximum atomic E-state index is 5.50. The topological polar surface area (TPSA) is 51.4 Å². The van der Waals surface area contributed by atoms with Crippen LogP contribution in [0, 0.1) is 6.92 Å². The van der Waals surface area contributed by atoms with Crippen LogP contribution >= 0.6 is 0 Å². The second kappa shape index (κ2) is 6.26. The normalized spacial score (nSPS) is 19.0. The number of rotatable bonds is 5. The van der Waals surface area contributed by atoms with Gasteiger partial charge in [0, 0.05) is 13.0 Å². The third-order valence-corrected chi connectivity index (χ3v) is 4.05. The minimum atomic E-state index is 0.508. The summed E-state index contributed by atoms with van der Waals surface area (Å²) in [5.41, 5.74) is 1.26. The van der Waals surface area contributed by atoms with Crippen LogP contribution in [0.5, 0.6) is 5.75 Å². The molecule has 3 rings (SSSR count). The molecule has 2 aromatic rings. The van der Waals surface area contributed by atoms with Gasteiger partial charge in [-0.05, 0) is 37.4 Å². The molecule has 2 heterocycles. The van der Waals surface area contributed by atoms with Crippen LogP contribution in [0.25, 0.3) is 0 Å². The molecular weight excluding hydrogens is 266 g/mol. The lowest BCUT2D eigenvalue weighted by molar-refractivity contribution is 0.218. The van der Waals surface area contributed by atoms with Crippen LogP contribution in [0.2, 0.25) is 0 Å². The Labute approximate surface area is 124 Å². The summed E-state index contributed by atoms with van der Waals surface area (Å²) in [5.74, 6) is 2.31. The van der Waals surface area contributed by atoms with Gasteiger partial charge in [-0.25, -0.2) is 0 Å². The fraction of sp³-hybridized carbons (Fsp3) is 0.500. The lowest BCUT2D eigenvalue weighted by Gasteiger charge is -2.23. The lowest BCUT2D eigenvalue weighted by Crippen LogP contribution is -2.30. The van der Waals surface area contributed by atoms with Crippen LogP contribution in [0.4, 0.5) is 0 Å². The summed E-state index contributed by atoms with van der Waals surface area (Å²) in [6.07, 6.45) is 3.41. The zero-order valence-electron chi connectivity index (χ0n) is 12.6. The molecule has 0 bridgehead atoms. The number of methoxy groups -OCH3 is 1. The molecule has 5 heteroatoms. The largest absolute Gasteiger partial charge is 0.496 e. The molecule has 0 N–H and O–H groups in total. The van der Waals surface area contributed by atoms with Gasteiger partial charge in [0.1, 0.15) is 5.75 Å². The molecule has 1 aliphatic rings. The minimum Gasteiger partial charge on any atom is -0.496 e. The molecule has 0 unspecified atom stereocenters. The van der Waals surface area contributed by atoms with Gasteiger partial charge >= 0.3 is 0 Å². The van der Waals surface area contributed by atoms with Gasteiger partial charge in [0.25, 0.3) is 0 Å². The van der Waals surface area contributed by atoms with E-state index in [1.165, 1.54) is 18.4 Å². The summed E-state index contributed by atoms with van der Waals surface area (Å²) in [5, 5.41) is 8.00. The van der Waals surface area contributed by atoms with E-state index in [-0.39, 0.29) is 0 Å². The molecule has 21 heavy (non-hydrogen) atoms. The molecule has 0 amide bonds. The van der Waals surface area contributed by atoms with E-state index in [0.717, 1.165) is 25.3 Å². The maximum absolute atomic E-state index is 5.50. The highest BCUT2D eigenvalue weighted by molar-refractivity contribution is 5.34. The van der Waals surface area contributed by atoms with E-state index in [1.54, 1.807) is 7.11 Å². The van der Waals surface area contributed by atoms with E-state index >= 15 is 0 Å². The number of likely N-dealkylation sites (tertiary alicyclic amines) is 1. The van der Waals surface area contributed by atoms with E-state index in [4.69, 9.17) is 9.15 Å². The third kappa shape index (κ3) is 3.24. The molecule has 1 aliphatic heterocycles. The summed E-state index contributed by atoms with van der Waals surface area (Å²) in [7, 11) is 1.73. The van der Waals surface area contributed by atoms with Crippen LogP contribution in [0.1, 0.15) is 30.2 Å². The van der Waals surface area contributed by atoms with Crippen molar-refractivity contribution in [2.45, 2.75) is 38.8 Å². The Balaban J connectivity index is 1.69. The number of hydrogen-bond donors (Lipinski definition) is 0. The van der Waals surface area contributed by atoms with Gasteiger partial charge in [0.15, 0.2) is 0 Å². The summed E-state index contributed by atoms with van der Waals surface area (Å²) in [6.45, 7) is 3.65. The van der Waals surface area contributed by atoms with Crippen LogP contribution in [-0.4, -0.2) is 34.8 Å². The molecular formula is C16H21N3O2. The fourth-order valence-electron chi connectivity index (χ4n) is 3.04. The zero-order valence-corrected chi connectivity index (χ0v) is 12.6. The standard InChI is InChI=1S/C16H21N3O2/c1-12-17-18-16(21-12)11-19-9-5-7-14(19)10-13-6-3-4-8-15(13)20-2/h3-4,6,8,14H,5,7,9-11H2,1-2H3/t14-/m0/s1. The second-order valence-electron chi connectivity index (χ2n) is 5.50. The van der Waals surface area contributed by atoms with E-state index in [1.807, 2.05) is 19.1 Å². The van der Waals surface area contributed by atoms with Crippen molar-refractivity contribution in [3.8, 4) is 5.75 Å². The monoisotopic (exact) mass is 287 g/mol. The zero-order chi connectivity index (χ0) is 14.7. The Kier molecular flexibility index (Phi) is 4.20. The average Bonchev–Trinajstić information content (AvgIpc) is 3.10. The Morgan fingerprint density at radius 1 is 1.33 bits per heavy atom. The van der Waals surface area contributed by atoms with Crippen molar-refractivity contribution in [2.75, 3.05) is 13.7 Å². The maximum Gasteiger partial charge on any atom is 0.230 e. The molecule has 5 nitrogen and oxygen atoms in total. The van der Waals surface area contributed by atoms with Crippen LogP contribution in [0.15, 0.2) is 28.7 Å². The highest BCUT2D eigenvalue weighted by Gasteiger charge is 2.26. The molecule has 1 atom stereocenters. The van der Waals surface area contributed by atoms with Gasteiger partial charge in [-0.15, -0.1) is 10.2 Å². The summed E-state index contributed by atoms with van der Waals surface area (Å²) in [4.78, 5) is 2.43. The number of benzene rings is 1. The van der Waals surface area contributed by atoms with Gasteiger partial charge < -0.3 is 9.15 Å². The average molecular weight is 287 g/mol. The minimum absolute atomic E-state index is 0.508. The number of hydrogen-bond acceptors (Lipinski definition) is 5. The van der Waals surface area contributed by atoms with Crippen LogP contribution in [0.3, 0.4) is 0 Å². The predicted molar refractivity (Wildman–Crippen MR) is 79.2 cm³/mol. The lowest BCUT2D eigenvalue weighted by atomic mass is 10.0. The quantitative estimate of drug-likeness (QED) is 0.846. The van der Waals surface area contributed by atoms with Gasteiger partial charge in [-0.2, -0.15) is 0 Å². The van der Waals surface area contributed by atoms with Crippen molar-refractivity contribution < 1.29 is 9.15 Å². The molecule has 1 aromatic heterocycles. The van der Waals surface area contributed by atoms with Gasteiger partial charge in [-0.3, -0.25) is 4.90 Å². The van der Waals surface area contributed by atoms with Gasteiger partial charge in [0.2, 0.25) is 11.8 Å². The molecule has 0 aliphatic carbocycles. The highest BCUT2D eigenvalue weighted by atomic mass is 16.5. The van der Waals surface area contributed by atoms with Crippen LogP contribution < -0.4 is 4.74 Å². The summed E-state index contributed by atoms with van der Waals surface area (Å²) < 4.78 is 11.0. The number of ether oxygens (including phenoxy) is 1. The SMILES string of the molecule is COc1ccccc1C[C@@H]1CCCN1Cc1nnc(C)o1. The van der Waals surface area contributed by atoms with E-state index < -0.39 is 0 Å². The number of aromatic nitrogens is 2. The summed E-state index contributed by atoms with van der Waals surface area (Å²) in [6, 6.07) is 8.75. The molecule has 1 saturated heterocycles. The Morgan fingerprint density at radius 3 is 2.95 bits per heavy atom. The smallest absolute Gasteiger partial charge is 0.230 e. The van der Waals surface area contributed by atoms with E-state index in [9.17, 15) is 0 Å². The van der Waals surface area contributed by atoms with Crippen molar-refractivity contribution in [3.63, 3.8) is 0 Å². The van der Waals surface area contributed by atoms with Crippen molar-refractivity contribution >= 4 is 0 Å². The number of para-hydroxylation sites is 1. The number of nitrogens with zero attached hydrogens (tertiary/aromatic N) is 3. The molecule has 1 fully saturated rings. The first-order valence-electron chi connectivity index (χ1n) is 7.41. The van der Waals surface area contributed by atoms with E-state index in [0.29, 0.717) is 17.8 Å². The first-order chi connectivity index (χ1) is 10.3. The van der Waals surface area contributed by atoms with Gasteiger partial charge in [0.05, 0.1) is 13.7 Å². The van der Waals surface area contributed by atoms with Gasteiger partial charge in [-0.1, -0.05) is 18.2 Å². The Bertz CT molecular complexity index is 597. The molecule has 0 radical (unpaired) electrons. The fourth-order valence-corrected chi connectivity index (χ4v) is 3.04. The third-order valence-electron chi connectivity index (χ3n) is 4.05. The predicted octanol–water partition coefficient (Wildman–Crippen LogP) is 2.59. The number of aryl methyl sites for hydroxylation is 1. The molecule has 1 aromatic carbocycles. The Morgan fingerprint density at radius 2 is 2.19 bits per heavy atom. The van der Waals surface area contributed by atoms with Crippen molar-refractivity contribution in [3.05, 3.63) is 41.6 Å². The van der Waals surface area contributed by atoms with Crippen LogP contribution in [-0.2, 0) is 13.0 Å². The molecule has 112 valence electrons. The second-order valence-corrected chi connectivity index (χ2v) is 5.50. The molecule has 0 saturated carbocycles. The molecule has 0 spiro atoms. The van der Waals surface area contributed by atoms with Crippen molar-refractivity contribution in [1.82, 2.24) is 15.1 Å². The Hall–Kier alpha value is -1.88. The first kappa shape index (κ1) is 14.1. The van der Waals surface area contributed by atoms with E-state index in [2.05, 4.69) is 27.2 Å². The van der Waals surface area contributed by atoms with Crippen molar-refractivity contribution in [1.29, 1.82) is 0 Å². The first-order valence-corrected chi connectivity index (χ1v) is 7.41.